The zero-order chi connectivity index (χ0) is 19.2. The Balaban J connectivity index is 1.87. The number of carbonyl (C=O) groups is 1. The van der Waals surface area contributed by atoms with E-state index in [4.69, 9.17) is 11.6 Å². The Hall–Kier alpha value is -2.12. The molecule has 26 heavy (non-hydrogen) atoms. The lowest BCUT2D eigenvalue weighted by atomic mass is 10.2. The first-order valence-corrected chi connectivity index (χ1v) is 10.2. The number of nitrogens with zero attached hydrogens (tertiary/aromatic N) is 1. The predicted octanol–water partition coefficient (Wildman–Crippen LogP) is 3.34. The number of benzene rings is 2. The molecule has 0 spiro atoms. The van der Waals surface area contributed by atoms with E-state index in [1.165, 1.54) is 16.4 Å². The van der Waals surface area contributed by atoms with Gasteiger partial charge in [0.25, 0.3) is 0 Å². The molecule has 1 amide bonds. The van der Waals surface area contributed by atoms with Gasteiger partial charge in [-0.15, -0.1) is 0 Å². The Morgan fingerprint density at radius 2 is 1.88 bits per heavy atom. The third kappa shape index (κ3) is 6.31. The van der Waals surface area contributed by atoms with Crippen LogP contribution in [0.1, 0.15) is 18.4 Å². The average molecular weight is 399 g/mol. The van der Waals surface area contributed by atoms with Crippen LogP contribution in [0.5, 0.6) is 0 Å². The Labute approximate surface area is 157 Å². The van der Waals surface area contributed by atoms with Gasteiger partial charge in [-0.1, -0.05) is 29.8 Å². The van der Waals surface area contributed by atoms with Crippen molar-refractivity contribution in [3.63, 3.8) is 0 Å². The number of hydrogen-bond acceptors (Lipinski definition) is 3. The summed E-state index contributed by atoms with van der Waals surface area (Å²) in [6, 6.07) is 12.4. The van der Waals surface area contributed by atoms with Crippen molar-refractivity contribution in [2.45, 2.75) is 19.4 Å². The quantitative estimate of drug-likeness (QED) is 0.741. The highest BCUT2D eigenvalue weighted by molar-refractivity contribution is 7.92. The van der Waals surface area contributed by atoms with Gasteiger partial charge in [-0.3, -0.25) is 9.10 Å². The SMILES string of the molecule is CS(=O)(=O)N(CCCC(=O)NCc1ccc(F)cc1)c1cccc(Cl)c1. The summed E-state index contributed by atoms with van der Waals surface area (Å²) in [6.45, 7) is 0.465. The summed E-state index contributed by atoms with van der Waals surface area (Å²) in [6.07, 6.45) is 1.64. The van der Waals surface area contributed by atoms with Crippen molar-refractivity contribution < 1.29 is 17.6 Å². The Morgan fingerprint density at radius 3 is 2.50 bits per heavy atom. The van der Waals surface area contributed by atoms with Gasteiger partial charge in [-0.05, 0) is 42.3 Å². The molecule has 1 N–H and O–H groups in total. The maximum atomic E-state index is 12.8. The molecule has 0 bridgehead atoms. The van der Waals surface area contributed by atoms with Crippen molar-refractivity contribution >= 4 is 33.2 Å². The molecular weight excluding hydrogens is 379 g/mol. The number of amides is 1. The van der Waals surface area contributed by atoms with E-state index in [2.05, 4.69) is 5.32 Å². The zero-order valence-electron chi connectivity index (χ0n) is 14.3. The second kappa shape index (κ2) is 9.00. The van der Waals surface area contributed by atoms with Crippen LogP contribution in [0, 0.1) is 5.82 Å². The highest BCUT2D eigenvalue weighted by atomic mass is 35.5. The fourth-order valence-electron chi connectivity index (χ4n) is 2.39. The molecule has 0 radical (unpaired) electrons. The lowest BCUT2D eigenvalue weighted by Crippen LogP contribution is -2.32. The first kappa shape index (κ1) is 20.2. The van der Waals surface area contributed by atoms with Crippen LogP contribution in [0.3, 0.4) is 0 Å². The van der Waals surface area contributed by atoms with Crippen LogP contribution in [-0.4, -0.2) is 27.1 Å². The largest absolute Gasteiger partial charge is 0.352 e. The van der Waals surface area contributed by atoms with E-state index in [9.17, 15) is 17.6 Å². The van der Waals surface area contributed by atoms with Gasteiger partial charge in [0.1, 0.15) is 5.82 Å². The number of hydrogen-bond donors (Lipinski definition) is 1. The Morgan fingerprint density at radius 1 is 1.19 bits per heavy atom. The predicted molar refractivity (Wildman–Crippen MR) is 101 cm³/mol. The second-order valence-electron chi connectivity index (χ2n) is 5.82. The van der Waals surface area contributed by atoms with Crippen LogP contribution >= 0.6 is 11.6 Å². The van der Waals surface area contributed by atoms with Crippen molar-refractivity contribution in [3.8, 4) is 0 Å². The van der Waals surface area contributed by atoms with Gasteiger partial charge in [0.15, 0.2) is 0 Å². The molecule has 0 atom stereocenters. The summed E-state index contributed by atoms with van der Waals surface area (Å²) in [5, 5.41) is 3.17. The van der Waals surface area contributed by atoms with Gasteiger partial charge >= 0.3 is 0 Å². The van der Waals surface area contributed by atoms with Crippen molar-refractivity contribution in [2.24, 2.45) is 0 Å². The van der Waals surface area contributed by atoms with Gasteiger partial charge < -0.3 is 5.32 Å². The second-order valence-corrected chi connectivity index (χ2v) is 8.16. The molecule has 5 nitrogen and oxygen atoms in total. The van der Waals surface area contributed by atoms with Gasteiger partial charge in [0, 0.05) is 24.5 Å². The molecule has 2 aromatic rings. The van der Waals surface area contributed by atoms with E-state index in [1.54, 1.807) is 36.4 Å². The fraction of sp³-hybridized carbons (Fsp3) is 0.278. The highest BCUT2D eigenvalue weighted by Crippen LogP contribution is 2.22. The Bertz CT molecular complexity index is 857. The minimum atomic E-state index is -3.48. The third-order valence-corrected chi connectivity index (χ3v) is 5.09. The number of halogens is 2. The number of carbonyl (C=O) groups excluding carboxylic acids is 1. The molecule has 0 unspecified atom stereocenters. The molecule has 2 rings (SSSR count). The van der Waals surface area contributed by atoms with Gasteiger partial charge in [-0.2, -0.15) is 0 Å². The van der Waals surface area contributed by atoms with Crippen LogP contribution in [0.4, 0.5) is 10.1 Å². The highest BCUT2D eigenvalue weighted by Gasteiger charge is 2.17. The standard InChI is InChI=1S/C18H20ClFN2O3S/c1-26(24,25)22(17-5-2-4-15(19)12-17)11-3-6-18(23)21-13-14-7-9-16(20)10-8-14/h2,4-5,7-10,12H,3,6,11,13H2,1H3,(H,21,23). The van der Waals surface area contributed by atoms with E-state index in [0.29, 0.717) is 23.7 Å². The number of rotatable bonds is 8. The molecule has 2 aromatic carbocycles. The third-order valence-electron chi connectivity index (χ3n) is 3.66. The van der Waals surface area contributed by atoms with E-state index in [0.717, 1.165) is 11.8 Å². The lowest BCUT2D eigenvalue weighted by molar-refractivity contribution is -0.121. The molecule has 0 saturated carbocycles. The maximum Gasteiger partial charge on any atom is 0.232 e. The van der Waals surface area contributed by atoms with Crippen LogP contribution in [0.15, 0.2) is 48.5 Å². The van der Waals surface area contributed by atoms with Crippen molar-refractivity contribution in [1.82, 2.24) is 5.32 Å². The van der Waals surface area contributed by atoms with Crippen LogP contribution in [0.2, 0.25) is 5.02 Å². The summed E-state index contributed by atoms with van der Waals surface area (Å²) in [5.41, 5.74) is 1.25. The van der Waals surface area contributed by atoms with E-state index < -0.39 is 10.0 Å². The summed E-state index contributed by atoms with van der Waals surface area (Å²) < 4.78 is 38.1. The minimum Gasteiger partial charge on any atom is -0.352 e. The smallest absolute Gasteiger partial charge is 0.232 e. The molecule has 140 valence electrons. The minimum absolute atomic E-state index is 0.170. The normalized spacial score (nSPS) is 11.2. The van der Waals surface area contributed by atoms with Crippen LogP contribution < -0.4 is 9.62 Å². The van der Waals surface area contributed by atoms with Crippen molar-refractivity contribution in [3.05, 3.63) is 64.9 Å². The van der Waals surface area contributed by atoms with Crippen molar-refractivity contribution in [2.75, 3.05) is 17.1 Å². The van der Waals surface area contributed by atoms with Gasteiger partial charge in [-0.25, -0.2) is 12.8 Å². The molecule has 8 heteroatoms. The zero-order valence-corrected chi connectivity index (χ0v) is 15.9. The number of sulfonamides is 1. The molecule has 0 heterocycles. The van der Waals surface area contributed by atoms with Gasteiger partial charge in [0.05, 0.1) is 11.9 Å². The summed E-state index contributed by atoms with van der Waals surface area (Å²) >= 11 is 5.92. The summed E-state index contributed by atoms with van der Waals surface area (Å²) in [5.74, 6) is -0.532. The number of nitrogens with one attached hydrogen (secondary N) is 1. The Kier molecular flexibility index (Phi) is 6.99. The van der Waals surface area contributed by atoms with E-state index >= 15 is 0 Å². The van der Waals surface area contributed by atoms with E-state index in [-0.39, 0.29) is 24.7 Å². The molecule has 0 aliphatic heterocycles. The van der Waals surface area contributed by atoms with Crippen molar-refractivity contribution in [1.29, 1.82) is 0 Å². The van der Waals surface area contributed by atoms with Gasteiger partial charge in [0.2, 0.25) is 15.9 Å². The monoisotopic (exact) mass is 398 g/mol. The molecule has 0 fully saturated rings. The van der Waals surface area contributed by atoms with E-state index in [1.807, 2.05) is 0 Å². The molecular formula is C18H20ClFN2O3S. The van der Waals surface area contributed by atoms with Crippen LogP contribution in [-0.2, 0) is 21.4 Å². The average Bonchev–Trinajstić information content (AvgIpc) is 2.57. The molecule has 0 saturated heterocycles. The first-order chi connectivity index (χ1) is 12.3. The lowest BCUT2D eigenvalue weighted by Gasteiger charge is -2.22. The topological polar surface area (TPSA) is 66.5 Å². The van der Waals surface area contributed by atoms with Crippen LogP contribution in [0.25, 0.3) is 0 Å². The fourth-order valence-corrected chi connectivity index (χ4v) is 3.53. The first-order valence-electron chi connectivity index (χ1n) is 8.00. The molecule has 0 aromatic heterocycles. The molecule has 0 aliphatic rings. The number of anilines is 1. The maximum absolute atomic E-state index is 12.8. The summed E-state index contributed by atoms with van der Waals surface area (Å²) in [4.78, 5) is 11.9. The summed E-state index contributed by atoms with van der Waals surface area (Å²) in [7, 11) is -3.48. The molecule has 0 aliphatic carbocycles.